The molecule has 0 bridgehead atoms. The van der Waals surface area contributed by atoms with Gasteiger partial charge < -0.3 is 9.84 Å². The monoisotopic (exact) mass is 476 g/mol. The van der Waals surface area contributed by atoms with Gasteiger partial charge in [-0.05, 0) is 56.5 Å². The highest BCUT2D eigenvalue weighted by atomic mass is 35.5. The smallest absolute Gasteiger partial charge is 0.167 e. The van der Waals surface area contributed by atoms with Crippen molar-refractivity contribution in [1.82, 2.24) is 19.7 Å². The van der Waals surface area contributed by atoms with Crippen molar-refractivity contribution in [2.45, 2.75) is 44.9 Å². The maximum Gasteiger partial charge on any atom is 0.167 e. The number of rotatable bonds is 4. The number of benzene rings is 2. The minimum Gasteiger partial charge on any atom is -0.481 e. The highest BCUT2D eigenvalue weighted by molar-refractivity contribution is 6.35. The number of β-amino-alcohol motifs (C(OH)–C–C–N with tert-alkyl or cyclic N) is 1. The van der Waals surface area contributed by atoms with E-state index in [2.05, 4.69) is 15.1 Å². The molecule has 5 rings (SSSR count). The Bertz CT molecular complexity index is 1170. The van der Waals surface area contributed by atoms with Gasteiger partial charge in [0.25, 0.3) is 0 Å². The van der Waals surface area contributed by atoms with E-state index in [1.165, 1.54) is 6.07 Å². The highest BCUT2D eigenvalue weighted by Gasteiger charge is 2.42. The molecule has 2 aliphatic rings. The third-order valence-corrected chi connectivity index (χ3v) is 6.90. The lowest BCUT2D eigenvalue weighted by Gasteiger charge is -2.30. The van der Waals surface area contributed by atoms with Gasteiger partial charge >= 0.3 is 0 Å². The molecule has 1 N–H and O–H groups in total. The summed E-state index contributed by atoms with van der Waals surface area (Å²) < 4.78 is 23.2. The minimum absolute atomic E-state index is 0.0699. The first-order chi connectivity index (χ1) is 15.3. The van der Waals surface area contributed by atoms with E-state index in [1.54, 1.807) is 22.8 Å². The second kappa shape index (κ2) is 8.30. The summed E-state index contributed by atoms with van der Waals surface area (Å²) in [6.45, 7) is 4.94. The zero-order valence-corrected chi connectivity index (χ0v) is 19.2. The van der Waals surface area contributed by atoms with Crippen LogP contribution >= 0.6 is 23.2 Å². The maximum atomic E-state index is 15.2. The van der Waals surface area contributed by atoms with E-state index in [0.717, 1.165) is 17.7 Å². The van der Waals surface area contributed by atoms with Crippen LogP contribution in [0.5, 0.6) is 5.75 Å². The summed E-state index contributed by atoms with van der Waals surface area (Å²) in [6.07, 6.45) is 0.533. The summed E-state index contributed by atoms with van der Waals surface area (Å²) in [4.78, 5) is 2.19. The van der Waals surface area contributed by atoms with Crippen LogP contribution in [0.1, 0.15) is 35.3 Å². The Morgan fingerprint density at radius 2 is 1.88 bits per heavy atom. The molecule has 1 aromatic heterocycles. The van der Waals surface area contributed by atoms with Crippen molar-refractivity contribution >= 4 is 23.2 Å². The summed E-state index contributed by atoms with van der Waals surface area (Å²) in [5.74, 6) is 1.03. The summed E-state index contributed by atoms with van der Waals surface area (Å²) >= 11 is 12.8. The Hall–Kier alpha value is -2.19. The summed E-state index contributed by atoms with van der Waals surface area (Å²) in [7, 11) is 0. The standard InChI is InChI=1S/C23H23Cl2FN4O2/c1-12-27-28-13(2)30(12)15-3-4-22(20(26)9-15)32-23-18-7-14(24)8-19(25)17(18)10-21(23)29-6-5-16(31)11-29/h3-4,7-9,16,21,23,31H,5-6,10-11H2,1-2H3/t16-,21-,23-/m0/s1. The van der Waals surface area contributed by atoms with Gasteiger partial charge in [-0.15, -0.1) is 10.2 Å². The number of hydrogen-bond donors (Lipinski definition) is 1. The van der Waals surface area contributed by atoms with E-state index in [9.17, 15) is 5.11 Å². The van der Waals surface area contributed by atoms with Crippen LogP contribution in [0.3, 0.4) is 0 Å². The first-order valence-electron chi connectivity index (χ1n) is 10.6. The molecule has 0 spiro atoms. The quantitative estimate of drug-likeness (QED) is 0.602. The van der Waals surface area contributed by atoms with Gasteiger partial charge in [0.2, 0.25) is 0 Å². The van der Waals surface area contributed by atoms with Gasteiger partial charge in [-0.3, -0.25) is 9.47 Å². The maximum absolute atomic E-state index is 15.2. The largest absolute Gasteiger partial charge is 0.481 e. The number of fused-ring (bicyclic) bond motifs is 1. The fraction of sp³-hybridized carbons (Fsp3) is 0.391. The van der Waals surface area contributed by atoms with Crippen LogP contribution < -0.4 is 4.74 Å². The number of nitrogens with zero attached hydrogens (tertiary/aromatic N) is 4. The van der Waals surface area contributed by atoms with Crippen LogP contribution in [-0.2, 0) is 6.42 Å². The van der Waals surface area contributed by atoms with Gasteiger partial charge in [0.05, 0.1) is 17.8 Å². The van der Waals surface area contributed by atoms with Crippen molar-refractivity contribution in [3.63, 3.8) is 0 Å². The number of aromatic nitrogens is 3. The molecule has 0 saturated carbocycles. The molecule has 0 unspecified atom stereocenters. The third-order valence-electron chi connectivity index (χ3n) is 6.34. The van der Waals surface area contributed by atoms with Gasteiger partial charge in [0.15, 0.2) is 11.6 Å². The summed E-state index contributed by atoms with van der Waals surface area (Å²) in [5.41, 5.74) is 2.45. The van der Waals surface area contributed by atoms with Gasteiger partial charge in [-0.2, -0.15) is 0 Å². The second-order valence-electron chi connectivity index (χ2n) is 8.45. The molecule has 1 aliphatic carbocycles. The molecule has 9 heteroatoms. The van der Waals surface area contributed by atoms with E-state index in [4.69, 9.17) is 27.9 Å². The normalized spacial score (nSPS) is 23.0. The van der Waals surface area contributed by atoms with Crippen molar-refractivity contribution in [1.29, 1.82) is 0 Å². The van der Waals surface area contributed by atoms with Crippen LogP contribution in [0, 0.1) is 19.7 Å². The average molecular weight is 477 g/mol. The Morgan fingerprint density at radius 1 is 1.12 bits per heavy atom. The van der Waals surface area contributed by atoms with Crippen LogP contribution in [0.15, 0.2) is 30.3 Å². The van der Waals surface area contributed by atoms with Gasteiger partial charge in [0, 0.05) is 34.8 Å². The molecule has 168 valence electrons. The van der Waals surface area contributed by atoms with Crippen LogP contribution in [-0.4, -0.2) is 50.0 Å². The lowest BCUT2D eigenvalue weighted by molar-refractivity contribution is 0.0790. The molecule has 6 nitrogen and oxygen atoms in total. The average Bonchev–Trinajstić information content (AvgIpc) is 3.41. The van der Waals surface area contributed by atoms with Crippen molar-refractivity contribution in [2.75, 3.05) is 13.1 Å². The van der Waals surface area contributed by atoms with E-state index < -0.39 is 11.9 Å². The van der Waals surface area contributed by atoms with Gasteiger partial charge in [-0.25, -0.2) is 4.39 Å². The predicted octanol–water partition coefficient (Wildman–Crippen LogP) is 4.44. The van der Waals surface area contributed by atoms with Crippen molar-refractivity contribution in [3.8, 4) is 11.4 Å². The van der Waals surface area contributed by atoms with E-state index in [0.29, 0.717) is 46.8 Å². The molecule has 1 fully saturated rings. The van der Waals surface area contributed by atoms with E-state index >= 15 is 4.39 Å². The lowest BCUT2D eigenvalue weighted by Crippen LogP contribution is -2.39. The molecule has 3 aromatic rings. The fourth-order valence-electron chi connectivity index (χ4n) is 4.85. The van der Waals surface area contributed by atoms with Gasteiger partial charge in [-0.1, -0.05) is 23.2 Å². The Kier molecular flexibility index (Phi) is 5.61. The number of ether oxygens (including phenoxy) is 1. The second-order valence-corrected chi connectivity index (χ2v) is 9.29. The van der Waals surface area contributed by atoms with Gasteiger partial charge in [0.1, 0.15) is 17.8 Å². The minimum atomic E-state index is -0.475. The number of aryl methyl sites for hydroxylation is 2. The number of hydrogen-bond acceptors (Lipinski definition) is 5. The van der Waals surface area contributed by atoms with Crippen LogP contribution in [0.25, 0.3) is 5.69 Å². The zero-order chi connectivity index (χ0) is 22.6. The topological polar surface area (TPSA) is 63.4 Å². The molecule has 0 amide bonds. The SMILES string of the molecule is Cc1nnc(C)n1-c1ccc(O[C@H]2c3cc(Cl)cc(Cl)c3C[C@@H]2N2CC[C@H](O)C2)c(F)c1. The number of likely N-dealkylation sites (tertiary alicyclic amines) is 1. The third kappa shape index (κ3) is 3.77. The highest BCUT2D eigenvalue weighted by Crippen LogP contribution is 2.43. The molecular formula is C23H23Cl2FN4O2. The molecule has 0 radical (unpaired) electrons. The Morgan fingerprint density at radius 3 is 2.53 bits per heavy atom. The van der Waals surface area contributed by atoms with Crippen LogP contribution in [0.4, 0.5) is 4.39 Å². The molecule has 1 aliphatic heterocycles. The Balaban J connectivity index is 1.50. The van der Waals surface area contributed by atoms with E-state index in [1.807, 2.05) is 19.9 Å². The molecule has 2 aromatic carbocycles. The van der Waals surface area contributed by atoms with Crippen molar-refractivity contribution < 1.29 is 14.2 Å². The number of halogens is 3. The number of aliphatic hydroxyl groups is 1. The lowest BCUT2D eigenvalue weighted by atomic mass is 10.1. The summed E-state index contributed by atoms with van der Waals surface area (Å²) in [5, 5.41) is 19.2. The molecule has 1 saturated heterocycles. The first kappa shape index (κ1) is 21.6. The van der Waals surface area contributed by atoms with Crippen LogP contribution in [0.2, 0.25) is 10.0 Å². The van der Waals surface area contributed by atoms with E-state index in [-0.39, 0.29) is 17.9 Å². The molecule has 2 heterocycles. The first-order valence-corrected chi connectivity index (χ1v) is 11.3. The molecule has 32 heavy (non-hydrogen) atoms. The van der Waals surface area contributed by atoms with Crippen molar-refractivity contribution in [2.24, 2.45) is 0 Å². The number of aliphatic hydroxyl groups excluding tert-OH is 1. The summed E-state index contributed by atoms with van der Waals surface area (Å²) in [6, 6.07) is 8.34. The zero-order valence-electron chi connectivity index (χ0n) is 17.7. The fourth-order valence-corrected chi connectivity index (χ4v) is 5.44. The van der Waals surface area contributed by atoms with Crippen molar-refractivity contribution in [3.05, 3.63) is 69.0 Å². The Labute approximate surface area is 195 Å². The molecular weight excluding hydrogens is 454 g/mol. The predicted molar refractivity (Wildman–Crippen MR) is 120 cm³/mol. The molecule has 3 atom stereocenters.